The van der Waals surface area contributed by atoms with Crippen LogP contribution >= 0.6 is 11.6 Å². The van der Waals surface area contributed by atoms with Gasteiger partial charge in [-0.05, 0) is 64.0 Å². The van der Waals surface area contributed by atoms with E-state index in [1.54, 1.807) is 17.3 Å². The first-order valence-corrected chi connectivity index (χ1v) is 9.00. The summed E-state index contributed by atoms with van der Waals surface area (Å²) in [6.45, 7) is 6.62. The molecule has 0 aliphatic heterocycles. The van der Waals surface area contributed by atoms with Gasteiger partial charge in [-0.25, -0.2) is 14.5 Å². The highest BCUT2D eigenvalue weighted by atomic mass is 35.5. The van der Waals surface area contributed by atoms with E-state index in [0.29, 0.717) is 5.92 Å². The summed E-state index contributed by atoms with van der Waals surface area (Å²) < 4.78 is 1.88. The van der Waals surface area contributed by atoms with Gasteiger partial charge in [0.15, 0.2) is 5.65 Å². The fourth-order valence-corrected chi connectivity index (χ4v) is 3.93. The molecule has 1 aliphatic carbocycles. The van der Waals surface area contributed by atoms with Crippen LogP contribution in [0.4, 0.5) is 4.79 Å². The molecule has 3 rings (SSSR count). The van der Waals surface area contributed by atoms with E-state index >= 15 is 0 Å². The van der Waals surface area contributed by atoms with Crippen LogP contribution in [-0.4, -0.2) is 47.4 Å². The molecule has 1 fully saturated rings. The molecule has 136 valence electrons. The van der Waals surface area contributed by atoms with Crippen molar-refractivity contribution in [3.8, 4) is 0 Å². The molecule has 0 saturated heterocycles. The second-order valence-corrected chi connectivity index (χ2v) is 8.08. The summed E-state index contributed by atoms with van der Waals surface area (Å²) in [7, 11) is 0. The minimum atomic E-state index is -0.833. The Bertz CT molecular complexity index is 762. The molecule has 2 aromatic rings. The van der Waals surface area contributed by atoms with E-state index < -0.39 is 6.09 Å². The minimum absolute atomic E-state index is 0.0832. The molecule has 0 atom stereocenters. The molecule has 0 spiro atoms. The van der Waals surface area contributed by atoms with Crippen molar-refractivity contribution in [3.05, 3.63) is 17.7 Å². The summed E-state index contributed by atoms with van der Waals surface area (Å²) in [6.07, 6.45) is 6.31. The summed E-state index contributed by atoms with van der Waals surface area (Å²) in [4.78, 5) is 21.5. The highest BCUT2D eigenvalue weighted by Gasteiger charge is 2.35. The molecular weight excluding hydrogens is 342 g/mol. The number of carbonyl (C=O) groups is 1. The number of nitrogens with zero attached hydrogens (tertiary/aromatic N) is 5. The van der Waals surface area contributed by atoms with Gasteiger partial charge in [0.05, 0.1) is 11.6 Å². The average Bonchev–Trinajstić information content (AvgIpc) is 2.90. The van der Waals surface area contributed by atoms with Crippen LogP contribution in [0.2, 0.25) is 5.28 Å². The number of hydrogen-bond donors (Lipinski definition) is 1. The van der Waals surface area contributed by atoms with Crippen LogP contribution in [0.3, 0.4) is 0 Å². The monoisotopic (exact) mass is 365 g/mol. The van der Waals surface area contributed by atoms with Gasteiger partial charge in [-0.3, -0.25) is 0 Å². The van der Waals surface area contributed by atoms with Gasteiger partial charge in [0, 0.05) is 24.3 Å². The maximum atomic E-state index is 11.6. The van der Waals surface area contributed by atoms with E-state index in [9.17, 15) is 9.90 Å². The first-order chi connectivity index (χ1) is 11.8. The molecule has 1 aliphatic rings. The van der Waals surface area contributed by atoms with Gasteiger partial charge in [-0.15, -0.1) is 0 Å². The molecule has 1 saturated carbocycles. The van der Waals surface area contributed by atoms with E-state index in [4.69, 9.17) is 11.6 Å². The predicted octanol–water partition coefficient (Wildman–Crippen LogP) is 3.82. The summed E-state index contributed by atoms with van der Waals surface area (Å²) in [6, 6.07) is 0.0832. The largest absolute Gasteiger partial charge is 0.465 e. The SMILES string of the molecule is CC(C)(C)N(C(=O)O)[C@H]1CC[C@@H](Cn2ncc3cnc(Cl)nc32)CC1. The Morgan fingerprint density at radius 2 is 2.00 bits per heavy atom. The number of halogens is 1. The maximum absolute atomic E-state index is 11.6. The van der Waals surface area contributed by atoms with Crippen LogP contribution in [0, 0.1) is 5.92 Å². The summed E-state index contributed by atoms with van der Waals surface area (Å²) in [5.74, 6) is 0.462. The highest BCUT2D eigenvalue weighted by Crippen LogP contribution is 2.32. The smallest absolute Gasteiger partial charge is 0.407 e. The van der Waals surface area contributed by atoms with Gasteiger partial charge in [0.1, 0.15) is 0 Å². The van der Waals surface area contributed by atoms with Crippen molar-refractivity contribution in [3.63, 3.8) is 0 Å². The predicted molar refractivity (Wildman–Crippen MR) is 95.7 cm³/mol. The summed E-state index contributed by atoms with van der Waals surface area (Å²) in [5.41, 5.74) is 0.374. The average molecular weight is 366 g/mol. The van der Waals surface area contributed by atoms with Crippen molar-refractivity contribution in [2.75, 3.05) is 0 Å². The third-order valence-corrected chi connectivity index (χ3v) is 5.07. The number of aromatic nitrogens is 4. The molecule has 25 heavy (non-hydrogen) atoms. The quantitative estimate of drug-likeness (QED) is 0.836. The van der Waals surface area contributed by atoms with Crippen molar-refractivity contribution >= 4 is 28.7 Å². The second kappa shape index (κ2) is 6.78. The number of amides is 1. The zero-order valence-electron chi connectivity index (χ0n) is 14.8. The van der Waals surface area contributed by atoms with Crippen LogP contribution in [0.25, 0.3) is 11.0 Å². The Hall–Kier alpha value is -1.89. The van der Waals surface area contributed by atoms with E-state index in [1.807, 2.05) is 25.5 Å². The minimum Gasteiger partial charge on any atom is -0.465 e. The van der Waals surface area contributed by atoms with Crippen LogP contribution in [0.5, 0.6) is 0 Å². The topological polar surface area (TPSA) is 84.1 Å². The van der Waals surface area contributed by atoms with Gasteiger partial charge in [0.25, 0.3) is 0 Å². The first-order valence-electron chi connectivity index (χ1n) is 8.62. The van der Waals surface area contributed by atoms with Gasteiger partial charge in [0.2, 0.25) is 5.28 Å². The zero-order valence-corrected chi connectivity index (χ0v) is 15.6. The van der Waals surface area contributed by atoms with E-state index in [-0.39, 0.29) is 16.9 Å². The molecule has 2 aromatic heterocycles. The summed E-state index contributed by atoms with van der Waals surface area (Å²) in [5, 5.41) is 15.1. The molecule has 0 aromatic carbocycles. The number of rotatable bonds is 3. The standard InChI is InChI=1S/C17H24ClN5O2/c1-17(2,3)23(16(24)25)13-6-4-11(5-7-13)10-22-14-12(9-20-22)8-19-15(18)21-14/h8-9,11,13H,4-7,10H2,1-3H3,(H,24,25)/t11-,13+. The van der Waals surface area contributed by atoms with Crippen LogP contribution in [0.1, 0.15) is 46.5 Å². The lowest BCUT2D eigenvalue weighted by Crippen LogP contribution is -2.52. The third kappa shape index (κ3) is 3.86. The lowest BCUT2D eigenvalue weighted by molar-refractivity contribution is 0.0489. The fraction of sp³-hybridized carbons (Fsp3) is 0.647. The molecular formula is C17H24ClN5O2. The van der Waals surface area contributed by atoms with Gasteiger partial charge < -0.3 is 10.0 Å². The third-order valence-electron chi connectivity index (χ3n) is 4.89. The number of hydrogen-bond acceptors (Lipinski definition) is 4. The maximum Gasteiger partial charge on any atom is 0.407 e. The lowest BCUT2D eigenvalue weighted by Gasteiger charge is -2.42. The van der Waals surface area contributed by atoms with Crippen molar-refractivity contribution in [2.45, 2.75) is 64.6 Å². The van der Waals surface area contributed by atoms with Gasteiger partial charge >= 0.3 is 6.09 Å². The normalized spacial score (nSPS) is 21.4. The molecule has 1 amide bonds. The molecule has 2 heterocycles. The van der Waals surface area contributed by atoms with E-state index in [1.165, 1.54) is 0 Å². The van der Waals surface area contributed by atoms with E-state index in [0.717, 1.165) is 43.3 Å². The van der Waals surface area contributed by atoms with Crippen molar-refractivity contribution in [1.29, 1.82) is 0 Å². The fourth-order valence-electron chi connectivity index (χ4n) is 3.80. The van der Waals surface area contributed by atoms with Crippen LogP contribution in [0.15, 0.2) is 12.4 Å². The zero-order chi connectivity index (χ0) is 18.2. The molecule has 7 nitrogen and oxygen atoms in total. The Labute approximate surface area is 152 Å². The Balaban J connectivity index is 1.66. The van der Waals surface area contributed by atoms with E-state index in [2.05, 4.69) is 15.1 Å². The second-order valence-electron chi connectivity index (χ2n) is 7.74. The van der Waals surface area contributed by atoms with Gasteiger partial charge in [-0.2, -0.15) is 10.1 Å². The highest BCUT2D eigenvalue weighted by molar-refractivity contribution is 6.28. The molecule has 8 heteroatoms. The van der Waals surface area contributed by atoms with Crippen LogP contribution < -0.4 is 0 Å². The Morgan fingerprint density at radius 1 is 1.32 bits per heavy atom. The van der Waals surface area contributed by atoms with Gasteiger partial charge in [-0.1, -0.05) is 0 Å². The van der Waals surface area contributed by atoms with Crippen LogP contribution in [-0.2, 0) is 6.54 Å². The molecule has 0 bridgehead atoms. The number of fused-ring (bicyclic) bond motifs is 1. The van der Waals surface area contributed by atoms with Crippen molar-refractivity contribution < 1.29 is 9.90 Å². The lowest BCUT2D eigenvalue weighted by atomic mass is 9.84. The molecule has 1 N–H and O–H groups in total. The first kappa shape index (κ1) is 17.9. The number of carboxylic acid groups (broad SMARTS) is 1. The van der Waals surface area contributed by atoms with Crippen molar-refractivity contribution in [2.24, 2.45) is 5.92 Å². The molecule has 0 radical (unpaired) electrons. The van der Waals surface area contributed by atoms with Crippen molar-refractivity contribution in [1.82, 2.24) is 24.6 Å². The molecule has 0 unspecified atom stereocenters. The summed E-state index contributed by atoms with van der Waals surface area (Å²) >= 11 is 5.89. The Morgan fingerprint density at radius 3 is 2.60 bits per heavy atom. The Kier molecular flexibility index (Phi) is 4.86.